The first kappa shape index (κ1) is 19.1. The monoisotopic (exact) mass is 355 g/mol. The third-order valence-electron chi connectivity index (χ3n) is 4.18. The van der Waals surface area contributed by atoms with Gasteiger partial charge in [0.25, 0.3) is 0 Å². The second kappa shape index (κ2) is 6.94. The van der Waals surface area contributed by atoms with Gasteiger partial charge in [0.2, 0.25) is 11.9 Å². The number of pyridine rings is 1. The van der Waals surface area contributed by atoms with E-state index < -0.39 is 30.2 Å². The largest absolute Gasteiger partial charge is 0.491 e. The van der Waals surface area contributed by atoms with Crippen molar-refractivity contribution >= 4 is 30.1 Å². The number of hydrogen-bond donors (Lipinski definition) is 0. The van der Waals surface area contributed by atoms with Crippen LogP contribution in [0, 0.1) is 11.9 Å². The number of carbonyl (C=O) groups is 1. The molecule has 2 rings (SSSR count). The molecule has 0 radical (unpaired) electrons. The minimum atomic E-state index is -0.920. The summed E-state index contributed by atoms with van der Waals surface area (Å²) >= 11 is 1.07. The predicted octanol–water partition coefficient (Wildman–Crippen LogP) is 3.65. The maximum Gasteiger partial charge on any atom is 0.491 e. The molecule has 0 saturated carbocycles. The Hall–Kier alpha value is -1.25. The lowest BCUT2D eigenvalue weighted by molar-refractivity contribution is -0.109. The Morgan fingerprint density at radius 3 is 2.33 bits per heavy atom. The minimum absolute atomic E-state index is 0.0740. The third-order valence-corrected chi connectivity index (χ3v) is 5.07. The van der Waals surface area contributed by atoms with Gasteiger partial charge in [0.05, 0.1) is 11.2 Å². The molecule has 1 aromatic heterocycles. The number of halogens is 2. The molecule has 0 spiro atoms. The summed E-state index contributed by atoms with van der Waals surface area (Å²) in [4.78, 5) is 14.5. The van der Waals surface area contributed by atoms with E-state index in [0.29, 0.717) is 5.47 Å². The van der Waals surface area contributed by atoms with Crippen molar-refractivity contribution in [3.05, 3.63) is 35.1 Å². The molecule has 8 heteroatoms. The van der Waals surface area contributed by atoms with Crippen LogP contribution in [0.1, 0.15) is 40.2 Å². The molecular weight excluding hydrogens is 335 g/mol. The Morgan fingerprint density at radius 1 is 1.25 bits per heavy atom. The molecule has 0 unspecified atom stereocenters. The number of aromatic nitrogens is 1. The molecule has 4 nitrogen and oxygen atoms in total. The summed E-state index contributed by atoms with van der Waals surface area (Å²) in [6.45, 7) is 9.07. The number of nitrogens with zero attached hydrogens (tertiary/aromatic N) is 1. The summed E-state index contributed by atoms with van der Waals surface area (Å²) in [6.07, 6.45) is 1.50. The average molecular weight is 355 g/mol. The van der Waals surface area contributed by atoms with E-state index in [4.69, 9.17) is 9.31 Å². The second-order valence-corrected chi connectivity index (χ2v) is 7.75. The van der Waals surface area contributed by atoms with Crippen LogP contribution in [-0.2, 0) is 14.1 Å². The zero-order valence-electron chi connectivity index (χ0n) is 14.4. The van der Waals surface area contributed by atoms with Gasteiger partial charge in [-0.25, -0.2) is 0 Å². The first-order chi connectivity index (χ1) is 11.0. The molecule has 1 fully saturated rings. The van der Waals surface area contributed by atoms with E-state index in [2.05, 4.69) is 4.98 Å². The molecule has 1 aliphatic heterocycles. The van der Waals surface area contributed by atoms with E-state index in [1.807, 2.05) is 27.7 Å². The highest BCUT2D eigenvalue weighted by atomic mass is 32.2. The fourth-order valence-electron chi connectivity index (χ4n) is 2.09. The number of hydrogen-bond acceptors (Lipinski definition) is 5. The first-order valence-electron chi connectivity index (χ1n) is 7.53. The van der Waals surface area contributed by atoms with Gasteiger partial charge in [0.15, 0.2) is 5.12 Å². The van der Waals surface area contributed by atoms with Crippen LogP contribution in [0.3, 0.4) is 0 Å². The van der Waals surface area contributed by atoms with Gasteiger partial charge in [-0.3, -0.25) is 4.79 Å². The lowest BCUT2D eigenvalue weighted by atomic mass is 9.78. The van der Waals surface area contributed by atoms with Gasteiger partial charge in [-0.2, -0.15) is 13.8 Å². The number of rotatable bonds is 4. The smallest absolute Gasteiger partial charge is 0.400 e. The fraction of sp³-hybridized carbons (Fsp3) is 0.500. The predicted molar refractivity (Wildman–Crippen MR) is 91.4 cm³/mol. The highest BCUT2D eigenvalue weighted by Gasteiger charge is 2.52. The molecule has 0 amide bonds. The van der Waals surface area contributed by atoms with Crippen LogP contribution < -0.4 is 0 Å². The number of thioether (sulfide) groups is 1. The van der Waals surface area contributed by atoms with Gasteiger partial charge >= 0.3 is 7.12 Å². The summed E-state index contributed by atoms with van der Waals surface area (Å²) in [6, 6.07) is 2.37. The van der Waals surface area contributed by atoms with Gasteiger partial charge in [-0.15, -0.1) is 0 Å². The molecule has 0 atom stereocenters. The van der Waals surface area contributed by atoms with E-state index in [9.17, 15) is 13.6 Å². The molecule has 1 aliphatic rings. The molecular formula is C16H20BF2NO3S. The summed E-state index contributed by atoms with van der Waals surface area (Å²) in [5, 5.41) is -0.0740. The van der Waals surface area contributed by atoms with E-state index >= 15 is 0 Å². The summed E-state index contributed by atoms with van der Waals surface area (Å²) in [7, 11) is -0.716. The van der Waals surface area contributed by atoms with Crippen molar-refractivity contribution in [1.82, 2.24) is 4.98 Å². The van der Waals surface area contributed by atoms with E-state index in [1.54, 1.807) is 0 Å². The summed E-state index contributed by atoms with van der Waals surface area (Å²) in [5.74, 6) is -1.53. The van der Waals surface area contributed by atoms with Crippen LogP contribution in [-0.4, -0.2) is 34.2 Å². The molecule has 1 aromatic rings. The third kappa shape index (κ3) is 4.23. The molecule has 24 heavy (non-hydrogen) atoms. The van der Waals surface area contributed by atoms with Crippen LogP contribution >= 0.6 is 11.8 Å². The zero-order chi connectivity index (χ0) is 18.1. The fourth-order valence-corrected chi connectivity index (χ4v) is 2.68. The maximum atomic E-state index is 13.8. The normalized spacial score (nSPS) is 19.6. The van der Waals surface area contributed by atoms with Crippen LogP contribution in [0.4, 0.5) is 8.78 Å². The van der Waals surface area contributed by atoms with Crippen LogP contribution in [0.5, 0.6) is 0 Å². The van der Waals surface area contributed by atoms with Gasteiger partial charge in [0, 0.05) is 18.2 Å². The van der Waals surface area contributed by atoms with Crippen molar-refractivity contribution in [1.29, 1.82) is 0 Å². The lowest BCUT2D eigenvalue weighted by Gasteiger charge is -2.32. The quantitative estimate of drug-likeness (QED) is 0.610. The minimum Gasteiger partial charge on any atom is -0.400 e. The molecule has 0 aliphatic carbocycles. The van der Waals surface area contributed by atoms with Crippen molar-refractivity contribution in [2.24, 2.45) is 0 Å². The van der Waals surface area contributed by atoms with E-state index in [-0.39, 0.29) is 16.4 Å². The van der Waals surface area contributed by atoms with Gasteiger partial charge in [-0.05, 0) is 45.3 Å². The Kier molecular flexibility index (Phi) is 5.52. The average Bonchev–Trinajstić information content (AvgIpc) is 2.65. The summed E-state index contributed by atoms with van der Waals surface area (Å²) < 4.78 is 38.7. The topological polar surface area (TPSA) is 48.4 Å². The van der Waals surface area contributed by atoms with Crippen molar-refractivity contribution in [3.63, 3.8) is 0 Å². The van der Waals surface area contributed by atoms with Crippen LogP contribution in [0.15, 0.2) is 17.6 Å². The maximum absolute atomic E-state index is 13.8. The molecule has 1 saturated heterocycles. The van der Waals surface area contributed by atoms with Crippen LogP contribution in [0.25, 0.3) is 6.08 Å². The molecule has 2 heterocycles. The molecule has 0 N–H and O–H groups in total. The Morgan fingerprint density at radius 2 is 1.83 bits per heavy atom. The standard InChI is InChI=1S/C16H20BF2NO3S/c1-10(21)24-9-12(8-11-6-7-13(18)20-14(11)19)17-22-15(2,3)16(4,5)23-17/h6-8H,9H2,1-5H3. The SMILES string of the molecule is CC(=O)SCC(=Cc1ccc(F)nc1F)B1OC(C)(C)C(C)(C)O1. The zero-order valence-corrected chi connectivity index (χ0v) is 15.2. The van der Waals surface area contributed by atoms with Crippen molar-refractivity contribution in [2.75, 3.05) is 5.75 Å². The molecule has 0 bridgehead atoms. The summed E-state index contributed by atoms with van der Waals surface area (Å²) in [5.41, 5.74) is -0.416. The number of carbonyl (C=O) groups excluding carboxylic acids is 1. The van der Waals surface area contributed by atoms with Gasteiger partial charge in [0.1, 0.15) is 0 Å². The van der Waals surface area contributed by atoms with Gasteiger partial charge < -0.3 is 9.31 Å². The Labute approximate surface area is 145 Å². The van der Waals surface area contributed by atoms with E-state index in [0.717, 1.165) is 17.8 Å². The van der Waals surface area contributed by atoms with Crippen molar-refractivity contribution in [2.45, 2.75) is 45.8 Å². The Bertz CT molecular complexity index is 663. The second-order valence-electron chi connectivity index (χ2n) is 6.60. The highest BCUT2D eigenvalue weighted by molar-refractivity contribution is 8.13. The highest BCUT2D eigenvalue weighted by Crippen LogP contribution is 2.39. The molecule has 0 aromatic carbocycles. The Balaban J connectivity index is 2.35. The molecule has 130 valence electrons. The van der Waals surface area contributed by atoms with Crippen molar-refractivity contribution < 1.29 is 22.9 Å². The van der Waals surface area contributed by atoms with Gasteiger partial charge in [-0.1, -0.05) is 17.8 Å². The van der Waals surface area contributed by atoms with Crippen molar-refractivity contribution in [3.8, 4) is 0 Å². The van der Waals surface area contributed by atoms with E-state index in [1.165, 1.54) is 19.1 Å². The first-order valence-corrected chi connectivity index (χ1v) is 8.52. The van der Waals surface area contributed by atoms with Crippen LogP contribution in [0.2, 0.25) is 0 Å². The lowest BCUT2D eigenvalue weighted by Crippen LogP contribution is -2.41.